The van der Waals surface area contributed by atoms with Crippen molar-refractivity contribution in [1.82, 2.24) is 4.98 Å². The van der Waals surface area contributed by atoms with Crippen molar-refractivity contribution < 1.29 is 4.42 Å². The van der Waals surface area contributed by atoms with E-state index >= 15 is 0 Å². The number of hydrogen-bond donors (Lipinski definition) is 0. The molecule has 1 rings (SSSR count). The molecule has 0 saturated carbocycles. The predicted molar refractivity (Wildman–Crippen MR) is 40.1 cm³/mol. The third-order valence-corrected chi connectivity index (χ3v) is 1.46. The van der Waals surface area contributed by atoms with Crippen molar-refractivity contribution in [2.24, 2.45) is 0 Å². The van der Waals surface area contributed by atoms with E-state index in [1.165, 1.54) is 0 Å². The normalized spacial score (nSPS) is 10.8. The molecule has 0 spiro atoms. The Morgan fingerprint density at radius 1 is 1.70 bits per heavy atom. The summed E-state index contributed by atoms with van der Waals surface area (Å²) in [5.41, 5.74) is 0. The van der Waals surface area contributed by atoms with E-state index in [0.717, 1.165) is 11.7 Å². The maximum atomic E-state index is 5.51. The van der Waals surface area contributed by atoms with Crippen LogP contribution in [0.3, 0.4) is 0 Å². The van der Waals surface area contributed by atoms with Crippen LogP contribution >= 0.6 is 11.6 Å². The van der Waals surface area contributed by atoms with E-state index in [-0.39, 0.29) is 0 Å². The first-order chi connectivity index (χ1) is 4.74. The molecule has 10 heavy (non-hydrogen) atoms. The van der Waals surface area contributed by atoms with E-state index in [0.29, 0.717) is 11.8 Å². The number of hydrogen-bond acceptors (Lipinski definition) is 2. The summed E-state index contributed by atoms with van der Waals surface area (Å²) in [6, 6.07) is 0. The number of nitrogens with zero attached hydrogens (tertiary/aromatic N) is 1. The van der Waals surface area contributed by atoms with Gasteiger partial charge in [-0.2, -0.15) is 0 Å². The summed E-state index contributed by atoms with van der Waals surface area (Å²) in [7, 11) is 0. The van der Waals surface area contributed by atoms with Gasteiger partial charge >= 0.3 is 0 Å². The molecule has 3 heteroatoms. The van der Waals surface area contributed by atoms with Crippen molar-refractivity contribution in [1.29, 1.82) is 0 Å². The van der Waals surface area contributed by atoms with Crippen LogP contribution in [-0.2, 0) is 5.88 Å². The van der Waals surface area contributed by atoms with Crippen LogP contribution in [0.15, 0.2) is 10.6 Å². The lowest BCUT2D eigenvalue weighted by atomic mass is 10.2. The minimum Gasteiger partial charge on any atom is -0.444 e. The van der Waals surface area contributed by atoms with Crippen LogP contribution in [0.2, 0.25) is 0 Å². The maximum Gasteiger partial charge on any atom is 0.196 e. The van der Waals surface area contributed by atoms with Crippen molar-refractivity contribution in [3.63, 3.8) is 0 Å². The Morgan fingerprint density at radius 2 is 2.40 bits per heavy atom. The van der Waals surface area contributed by atoms with E-state index < -0.39 is 0 Å². The minimum atomic E-state index is 0.344. The van der Waals surface area contributed by atoms with E-state index in [1.807, 2.05) is 13.8 Å². The van der Waals surface area contributed by atoms with E-state index in [1.54, 1.807) is 6.20 Å². The molecule has 0 amide bonds. The second kappa shape index (κ2) is 3.06. The molecule has 0 fully saturated rings. The van der Waals surface area contributed by atoms with Crippen molar-refractivity contribution in [3.8, 4) is 0 Å². The maximum absolute atomic E-state index is 5.51. The summed E-state index contributed by atoms with van der Waals surface area (Å²) in [6.45, 7) is 4.06. The number of rotatable bonds is 2. The van der Waals surface area contributed by atoms with E-state index in [4.69, 9.17) is 16.0 Å². The van der Waals surface area contributed by atoms with Crippen molar-refractivity contribution in [2.45, 2.75) is 25.6 Å². The molecule has 2 nitrogen and oxygen atoms in total. The highest BCUT2D eigenvalue weighted by molar-refractivity contribution is 6.16. The first-order valence-electron chi connectivity index (χ1n) is 3.24. The van der Waals surface area contributed by atoms with Crippen LogP contribution in [0.25, 0.3) is 0 Å². The average Bonchev–Trinajstić information content (AvgIpc) is 2.34. The topological polar surface area (TPSA) is 26.0 Å². The monoisotopic (exact) mass is 159 g/mol. The lowest BCUT2D eigenvalue weighted by molar-refractivity contribution is 0.447. The van der Waals surface area contributed by atoms with Gasteiger partial charge in [0.2, 0.25) is 0 Å². The van der Waals surface area contributed by atoms with Gasteiger partial charge in [0, 0.05) is 5.92 Å². The Morgan fingerprint density at radius 3 is 2.70 bits per heavy atom. The Balaban J connectivity index is 2.78. The Kier molecular flexibility index (Phi) is 2.33. The molecule has 1 heterocycles. The fraction of sp³-hybridized carbons (Fsp3) is 0.571. The molecular formula is C7H10ClNO. The quantitative estimate of drug-likeness (QED) is 0.620. The highest BCUT2D eigenvalue weighted by Gasteiger charge is 2.05. The fourth-order valence-corrected chi connectivity index (χ4v) is 0.775. The molecule has 0 unspecified atom stereocenters. The molecule has 0 saturated heterocycles. The smallest absolute Gasteiger partial charge is 0.196 e. The number of aromatic nitrogens is 1. The lowest BCUT2D eigenvalue weighted by Gasteiger charge is -1.94. The molecule has 1 aromatic heterocycles. The van der Waals surface area contributed by atoms with Crippen LogP contribution in [0, 0.1) is 0 Å². The van der Waals surface area contributed by atoms with Crippen molar-refractivity contribution >= 4 is 11.6 Å². The second-order valence-electron chi connectivity index (χ2n) is 2.45. The van der Waals surface area contributed by atoms with Gasteiger partial charge in [0.1, 0.15) is 5.76 Å². The van der Waals surface area contributed by atoms with Crippen molar-refractivity contribution in [3.05, 3.63) is 17.8 Å². The third kappa shape index (κ3) is 1.51. The summed E-state index contributed by atoms with van der Waals surface area (Å²) in [4.78, 5) is 4.04. The highest BCUT2D eigenvalue weighted by atomic mass is 35.5. The zero-order chi connectivity index (χ0) is 7.56. The van der Waals surface area contributed by atoms with Gasteiger partial charge < -0.3 is 4.42 Å². The number of oxazole rings is 1. The molecule has 0 radical (unpaired) electrons. The van der Waals surface area contributed by atoms with Gasteiger partial charge in [0.25, 0.3) is 0 Å². The molecule has 0 atom stereocenters. The molecule has 0 aliphatic carbocycles. The highest BCUT2D eigenvalue weighted by Crippen LogP contribution is 2.14. The summed E-state index contributed by atoms with van der Waals surface area (Å²) >= 11 is 5.51. The van der Waals surface area contributed by atoms with E-state index in [2.05, 4.69) is 4.98 Å². The minimum absolute atomic E-state index is 0.344. The summed E-state index contributed by atoms with van der Waals surface area (Å²) in [6.07, 6.45) is 1.67. The van der Waals surface area contributed by atoms with Gasteiger partial charge in [-0.1, -0.05) is 13.8 Å². The van der Waals surface area contributed by atoms with Gasteiger partial charge in [0.05, 0.1) is 12.1 Å². The summed E-state index contributed by atoms with van der Waals surface area (Å²) < 4.78 is 5.25. The van der Waals surface area contributed by atoms with Crippen LogP contribution in [0.1, 0.15) is 31.4 Å². The number of alkyl halides is 1. The average molecular weight is 160 g/mol. The van der Waals surface area contributed by atoms with Crippen LogP contribution in [0.4, 0.5) is 0 Å². The van der Waals surface area contributed by atoms with Crippen molar-refractivity contribution in [2.75, 3.05) is 0 Å². The first-order valence-corrected chi connectivity index (χ1v) is 3.78. The van der Waals surface area contributed by atoms with Crippen LogP contribution in [0.5, 0.6) is 0 Å². The second-order valence-corrected chi connectivity index (χ2v) is 2.72. The summed E-state index contributed by atoms with van der Waals surface area (Å²) in [5, 5.41) is 0. The standard InChI is InChI=1S/C7H10ClNO/c1-5(2)7-9-4-6(3-8)10-7/h4-5H,3H2,1-2H3. The van der Waals surface area contributed by atoms with Gasteiger partial charge in [0.15, 0.2) is 5.89 Å². The lowest BCUT2D eigenvalue weighted by Crippen LogP contribution is -1.84. The predicted octanol–water partition coefficient (Wildman–Crippen LogP) is 2.54. The fourth-order valence-electron chi connectivity index (χ4n) is 0.651. The summed E-state index contributed by atoms with van der Waals surface area (Å²) in [5.74, 6) is 2.25. The molecule has 0 aromatic carbocycles. The Labute approximate surface area is 65.2 Å². The SMILES string of the molecule is CC(C)c1ncc(CCl)o1. The Hall–Kier alpha value is -0.500. The largest absolute Gasteiger partial charge is 0.444 e. The molecule has 0 aliphatic rings. The van der Waals surface area contributed by atoms with E-state index in [9.17, 15) is 0 Å². The third-order valence-electron chi connectivity index (χ3n) is 1.20. The zero-order valence-corrected chi connectivity index (χ0v) is 6.85. The number of halogens is 1. The molecular weight excluding hydrogens is 150 g/mol. The molecule has 0 N–H and O–H groups in total. The molecule has 0 aliphatic heterocycles. The molecule has 56 valence electrons. The van der Waals surface area contributed by atoms with Gasteiger partial charge in [-0.05, 0) is 0 Å². The Bertz CT molecular complexity index is 207. The van der Waals surface area contributed by atoms with Crippen LogP contribution in [-0.4, -0.2) is 4.98 Å². The zero-order valence-electron chi connectivity index (χ0n) is 6.10. The first kappa shape index (κ1) is 7.61. The van der Waals surface area contributed by atoms with Gasteiger partial charge in [-0.15, -0.1) is 11.6 Å². The van der Waals surface area contributed by atoms with Gasteiger partial charge in [-0.3, -0.25) is 0 Å². The molecule has 0 bridgehead atoms. The van der Waals surface area contributed by atoms with Gasteiger partial charge in [-0.25, -0.2) is 4.98 Å². The van der Waals surface area contributed by atoms with Crippen LogP contribution < -0.4 is 0 Å². The molecule has 1 aromatic rings.